The third kappa shape index (κ3) is 3.27. The molecule has 0 saturated carbocycles. The van der Waals surface area contributed by atoms with Gasteiger partial charge in [0.05, 0.1) is 0 Å². The molecule has 3 nitrogen and oxygen atoms in total. The van der Waals surface area contributed by atoms with Crippen LogP contribution in [0.2, 0.25) is 0 Å². The highest BCUT2D eigenvalue weighted by Crippen LogP contribution is 2.05. The average Bonchev–Trinajstić information content (AvgIpc) is 2.33. The summed E-state index contributed by atoms with van der Waals surface area (Å²) in [7, 11) is 0. The minimum absolute atomic E-state index is 0.129. The fourth-order valence-corrected chi connectivity index (χ4v) is 1.86. The van der Waals surface area contributed by atoms with E-state index in [-0.39, 0.29) is 5.82 Å². The SMILES string of the molecule is Fc1ccccc1CNCN1CCNCC1. The summed E-state index contributed by atoms with van der Waals surface area (Å²) in [6, 6.07) is 6.90. The van der Waals surface area contributed by atoms with Gasteiger partial charge in [-0.3, -0.25) is 4.90 Å². The smallest absolute Gasteiger partial charge is 0.127 e. The molecule has 1 heterocycles. The Balaban J connectivity index is 1.73. The maximum absolute atomic E-state index is 13.3. The number of halogens is 1. The molecule has 16 heavy (non-hydrogen) atoms. The van der Waals surface area contributed by atoms with Gasteiger partial charge in [0.2, 0.25) is 0 Å². The molecule has 2 rings (SSSR count). The van der Waals surface area contributed by atoms with Crippen LogP contribution in [0, 0.1) is 5.82 Å². The van der Waals surface area contributed by atoms with Gasteiger partial charge in [0, 0.05) is 45.0 Å². The van der Waals surface area contributed by atoms with Crippen molar-refractivity contribution < 1.29 is 4.39 Å². The molecule has 0 bridgehead atoms. The summed E-state index contributed by atoms with van der Waals surface area (Å²) in [4.78, 5) is 2.33. The molecule has 0 aliphatic carbocycles. The maximum Gasteiger partial charge on any atom is 0.127 e. The Labute approximate surface area is 95.6 Å². The molecule has 0 aromatic heterocycles. The summed E-state index contributed by atoms with van der Waals surface area (Å²) in [5.74, 6) is -0.129. The summed E-state index contributed by atoms with van der Waals surface area (Å²) < 4.78 is 13.3. The summed E-state index contributed by atoms with van der Waals surface area (Å²) >= 11 is 0. The Morgan fingerprint density at radius 3 is 2.75 bits per heavy atom. The van der Waals surface area contributed by atoms with Crippen LogP contribution in [-0.4, -0.2) is 37.7 Å². The number of benzene rings is 1. The quantitative estimate of drug-likeness (QED) is 0.790. The van der Waals surface area contributed by atoms with Crippen LogP contribution in [-0.2, 0) is 6.54 Å². The first kappa shape index (κ1) is 11.5. The fraction of sp³-hybridized carbons (Fsp3) is 0.500. The lowest BCUT2D eigenvalue weighted by Crippen LogP contribution is -2.46. The standard InChI is InChI=1S/C12H18FN3/c13-12-4-2-1-3-11(12)9-15-10-16-7-5-14-6-8-16/h1-4,14-15H,5-10H2. The zero-order valence-corrected chi connectivity index (χ0v) is 9.38. The van der Waals surface area contributed by atoms with Crippen molar-refractivity contribution in [2.45, 2.75) is 6.54 Å². The topological polar surface area (TPSA) is 27.3 Å². The van der Waals surface area contributed by atoms with Gasteiger partial charge in [-0.15, -0.1) is 0 Å². The number of hydrogen-bond donors (Lipinski definition) is 2. The van der Waals surface area contributed by atoms with Gasteiger partial charge in [-0.05, 0) is 6.07 Å². The van der Waals surface area contributed by atoms with Crippen molar-refractivity contribution >= 4 is 0 Å². The molecule has 88 valence electrons. The minimum atomic E-state index is -0.129. The lowest BCUT2D eigenvalue weighted by atomic mass is 10.2. The zero-order valence-electron chi connectivity index (χ0n) is 9.38. The van der Waals surface area contributed by atoms with Crippen molar-refractivity contribution in [1.82, 2.24) is 15.5 Å². The number of rotatable bonds is 4. The van der Waals surface area contributed by atoms with E-state index in [1.165, 1.54) is 6.07 Å². The summed E-state index contributed by atoms with van der Waals surface area (Å²) in [6.07, 6.45) is 0. The van der Waals surface area contributed by atoms with E-state index in [0.717, 1.165) is 38.4 Å². The monoisotopic (exact) mass is 223 g/mol. The van der Waals surface area contributed by atoms with Gasteiger partial charge in [0.15, 0.2) is 0 Å². The van der Waals surface area contributed by atoms with Crippen LogP contribution in [0.5, 0.6) is 0 Å². The predicted molar refractivity (Wildman–Crippen MR) is 62.5 cm³/mol. The molecule has 0 atom stereocenters. The summed E-state index contributed by atoms with van der Waals surface area (Å²) in [5.41, 5.74) is 0.734. The Kier molecular flexibility index (Phi) is 4.27. The molecule has 1 fully saturated rings. The molecule has 0 spiro atoms. The molecular formula is C12H18FN3. The van der Waals surface area contributed by atoms with Crippen LogP contribution in [0.25, 0.3) is 0 Å². The van der Waals surface area contributed by atoms with Crippen molar-refractivity contribution in [3.63, 3.8) is 0 Å². The lowest BCUT2D eigenvalue weighted by molar-refractivity contribution is 0.223. The largest absolute Gasteiger partial charge is 0.314 e. The third-order valence-electron chi connectivity index (χ3n) is 2.82. The van der Waals surface area contributed by atoms with Gasteiger partial charge in [0.1, 0.15) is 5.82 Å². The van der Waals surface area contributed by atoms with Gasteiger partial charge >= 0.3 is 0 Å². The Hall–Kier alpha value is -0.970. The van der Waals surface area contributed by atoms with E-state index in [1.54, 1.807) is 6.07 Å². The average molecular weight is 223 g/mol. The molecule has 1 aromatic rings. The van der Waals surface area contributed by atoms with E-state index in [1.807, 2.05) is 12.1 Å². The summed E-state index contributed by atoms with van der Waals surface area (Å²) in [5, 5.41) is 6.57. The van der Waals surface area contributed by atoms with E-state index >= 15 is 0 Å². The molecule has 1 saturated heterocycles. The van der Waals surface area contributed by atoms with E-state index in [2.05, 4.69) is 15.5 Å². The number of hydrogen-bond acceptors (Lipinski definition) is 3. The van der Waals surface area contributed by atoms with E-state index in [4.69, 9.17) is 0 Å². The first-order valence-corrected chi connectivity index (χ1v) is 5.73. The second-order valence-electron chi connectivity index (χ2n) is 4.04. The number of nitrogens with one attached hydrogen (secondary N) is 2. The molecule has 4 heteroatoms. The molecule has 0 radical (unpaired) electrons. The normalized spacial score (nSPS) is 17.6. The lowest BCUT2D eigenvalue weighted by Gasteiger charge is -2.27. The molecule has 2 N–H and O–H groups in total. The van der Waals surface area contributed by atoms with Crippen molar-refractivity contribution in [2.24, 2.45) is 0 Å². The van der Waals surface area contributed by atoms with Crippen LogP contribution < -0.4 is 10.6 Å². The Morgan fingerprint density at radius 1 is 1.25 bits per heavy atom. The van der Waals surface area contributed by atoms with Gasteiger partial charge in [-0.1, -0.05) is 18.2 Å². The third-order valence-corrected chi connectivity index (χ3v) is 2.82. The Bertz CT molecular complexity index is 324. The first-order chi connectivity index (χ1) is 7.86. The van der Waals surface area contributed by atoms with E-state index in [9.17, 15) is 4.39 Å². The zero-order chi connectivity index (χ0) is 11.2. The molecule has 1 aliphatic rings. The van der Waals surface area contributed by atoms with Gasteiger partial charge in [0.25, 0.3) is 0 Å². The maximum atomic E-state index is 13.3. The van der Waals surface area contributed by atoms with Crippen molar-refractivity contribution in [3.05, 3.63) is 35.6 Å². The van der Waals surface area contributed by atoms with Crippen molar-refractivity contribution in [2.75, 3.05) is 32.8 Å². The highest BCUT2D eigenvalue weighted by molar-refractivity contribution is 5.16. The molecular weight excluding hydrogens is 205 g/mol. The predicted octanol–water partition coefficient (Wildman–Crippen LogP) is 0.778. The van der Waals surface area contributed by atoms with E-state index < -0.39 is 0 Å². The minimum Gasteiger partial charge on any atom is -0.314 e. The van der Waals surface area contributed by atoms with Gasteiger partial charge < -0.3 is 10.6 Å². The highest BCUT2D eigenvalue weighted by Gasteiger charge is 2.08. The first-order valence-electron chi connectivity index (χ1n) is 5.73. The van der Waals surface area contributed by atoms with Crippen LogP contribution in [0.4, 0.5) is 4.39 Å². The van der Waals surface area contributed by atoms with Crippen molar-refractivity contribution in [1.29, 1.82) is 0 Å². The van der Waals surface area contributed by atoms with Crippen LogP contribution >= 0.6 is 0 Å². The molecule has 1 aliphatic heterocycles. The number of nitrogens with zero attached hydrogens (tertiary/aromatic N) is 1. The van der Waals surface area contributed by atoms with Gasteiger partial charge in [-0.25, -0.2) is 4.39 Å². The molecule has 1 aromatic carbocycles. The second kappa shape index (κ2) is 5.94. The van der Waals surface area contributed by atoms with Crippen LogP contribution in [0.15, 0.2) is 24.3 Å². The highest BCUT2D eigenvalue weighted by atomic mass is 19.1. The van der Waals surface area contributed by atoms with Gasteiger partial charge in [-0.2, -0.15) is 0 Å². The van der Waals surface area contributed by atoms with Crippen LogP contribution in [0.3, 0.4) is 0 Å². The van der Waals surface area contributed by atoms with Crippen LogP contribution in [0.1, 0.15) is 5.56 Å². The fourth-order valence-electron chi connectivity index (χ4n) is 1.86. The summed E-state index contributed by atoms with van der Waals surface area (Å²) in [6.45, 7) is 5.63. The molecule has 0 unspecified atom stereocenters. The van der Waals surface area contributed by atoms with E-state index in [0.29, 0.717) is 6.54 Å². The Morgan fingerprint density at radius 2 is 2.00 bits per heavy atom. The molecule has 0 amide bonds. The van der Waals surface area contributed by atoms with Crippen molar-refractivity contribution in [3.8, 4) is 0 Å². The number of piperazine rings is 1. The second-order valence-corrected chi connectivity index (χ2v) is 4.04.